The summed E-state index contributed by atoms with van der Waals surface area (Å²) in [6.07, 6.45) is 0. The van der Waals surface area contributed by atoms with Crippen LogP contribution in [0.2, 0.25) is 0 Å². The zero-order chi connectivity index (χ0) is 14.7. The maximum atomic E-state index is 11.8. The van der Waals surface area contributed by atoms with Gasteiger partial charge in [-0.3, -0.25) is 4.79 Å². The fourth-order valence-electron chi connectivity index (χ4n) is 1.91. The predicted molar refractivity (Wildman–Crippen MR) is 83.9 cm³/mol. The molecule has 20 heavy (non-hydrogen) atoms. The third-order valence-electron chi connectivity index (χ3n) is 2.65. The van der Waals surface area contributed by atoms with Gasteiger partial charge in [0.2, 0.25) is 0 Å². The van der Waals surface area contributed by atoms with Crippen molar-refractivity contribution in [1.82, 2.24) is 0 Å². The first-order chi connectivity index (χ1) is 9.52. The Balaban J connectivity index is 2.64. The number of hydrogen-bond donors (Lipinski definition) is 0. The van der Waals surface area contributed by atoms with Crippen LogP contribution in [0.3, 0.4) is 0 Å². The summed E-state index contributed by atoms with van der Waals surface area (Å²) in [6.45, 7) is 3.37. The molecule has 0 spiro atoms. The van der Waals surface area contributed by atoms with E-state index in [1.807, 2.05) is 18.2 Å². The van der Waals surface area contributed by atoms with Crippen molar-refractivity contribution in [2.24, 2.45) is 0 Å². The summed E-state index contributed by atoms with van der Waals surface area (Å²) in [5.74, 6) is -0.475. The van der Waals surface area contributed by atoms with Crippen LogP contribution in [-0.4, -0.2) is 18.5 Å². The molecule has 0 amide bonds. The van der Waals surface area contributed by atoms with E-state index in [1.165, 1.54) is 6.92 Å². The highest BCUT2D eigenvalue weighted by Crippen LogP contribution is 2.32. The Morgan fingerprint density at radius 2 is 2.00 bits per heavy atom. The first-order valence-corrected chi connectivity index (χ1v) is 7.18. The van der Waals surface area contributed by atoms with Gasteiger partial charge in [0, 0.05) is 15.9 Å². The van der Waals surface area contributed by atoms with E-state index in [2.05, 4.69) is 22.6 Å². The van der Waals surface area contributed by atoms with Gasteiger partial charge in [0.05, 0.1) is 12.2 Å². The Labute approximate surface area is 130 Å². The lowest BCUT2D eigenvalue weighted by molar-refractivity contribution is -0.131. The number of benzene rings is 2. The van der Waals surface area contributed by atoms with Crippen molar-refractivity contribution in [2.45, 2.75) is 13.8 Å². The van der Waals surface area contributed by atoms with Gasteiger partial charge in [-0.15, -0.1) is 0 Å². The molecule has 0 aliphatic heterocycles. The Kier molecular flexibility index (Phi) is 4.59. The maximum absolute atomic E-state index is 11.8. The molecule has 0 heterocycles. The van der Waals surface area contributed by atoms with Gasteiger partial charge in [-0.2, -0.15) is 0 Å². The second-order valence-corrected chi connectivity index (χ2v) is 5.29. The summed E-state index contributed by atoms with van der Waals surface area (Å²) < 4.78 is 11.2. The van der Waals surface area contributed by atoms with Crippen molar-refractivity contribution in [2.75, 3.05) is 6.61 Å². The Morgan fingerprint density at radius 3 is 2.65 bits per heavy atom. The zero-order valence-electron chi connectivity index (χ0n) is 11.1. The van der Waals surface area contributed by atoms with Crippen molar-refractivity contribution in [3.8, 4) is 5.75 Å². The summed E-state index contributed by atoms with van der Waals surface area (Å²) in [7, 11) is 0. The van der Waals surface area contributed by atoms with E-state index in [0.29, 0.717) is 17.9 Å². The molecular formula is C15H13IO4. The van der Waals surface area contributed by atoms with E-state index in [0.717, 1.165) is 14.3 Å². The molecule has 2 aromatic rings. The van der Waals surface area contributed by atoms with Crippen molar-refractivity contribution in [3.63, 3.8) is 0 Å². The molecule has 0 saturated carbocycles. The third kappa shape index (κ3) is 3.09. The van der Waals surface area contributed by atoms with Crippen molar-refractivity contribution >= 4 is 45.3 Å². The molecule has 2 aromatic carbocycles. The lowest BCUT2D eigenvalue weighted by Crippen LogP contribution is -2.07. The maximum Gasteiger partial charge on any atom is 0.338 e. The number of carbonyl (C=O) groups excluding carboxylic acids is 2. The number of rotatable bonds is 3. The molecule has 5 heteroatoms. The van der Waals surface area contributed by atoms with Crippen LogP contribution in [-0.2, 0) is 9.53 Å². The molecule has 0 unspecified atom stereocenters. The Hall–Kier alpha value is -1.63. The number of esters is 2. The summed E-state index contributed by atoms with van der Waals surface area (Å²) in [5, 5.41) is 1.65. The largest absolute Gasteiger partial charge is 0.462 e. The first-order valence-electron chi connectivity index (χ1n) is 6.10. The molecule has 2 rings (SSSR count). The fourth-order valence-corrected chi connectivity index (χ4v) is 2.70. The van der Waals surface area contributed by atoms with Gasteiger partial charge in [0.1, 0.15) is 5.75 Å². The van der Waals surface area contributed by atoms with Crippen LogP contribution in [0.4, 0.5) is 0 Å². The summed E-state index contributed by atoms with van der Waals surface area (Å²) in [4.78, 5) is 23.1. The van der Waals surface area contributed by atoms with Gasteiger partial charge in [-0.1, -0.05) is 12.1 Å². The van der Waals surface area contributed by atoms with E-state index in [1.54, 1.807) is 19.1 Å². The molecule has 0 fully saturated rings. The second kappa shape index (κ2) is 6.21. The quantitative estimate of drug-likeness (QED) is 0.462. The van der Waals surface area contributed by atoms with Crippen LogP contribution in [0.25, 0.3) is 10.8 Å². The standard InChI is InChI=1S/C15H13IO4/c1-3-19-15(18)11-7-10-5-4-6-12(16)14(10)13(8-11)20-9(2)17/h4-8H,3H2,1-2H3. The molecular weight excluding hydrogens is 371 g/mol. The number of ether oxygens (including phenoxy) is 2. The number of halogens is 1. The van der Waals surface area contributed by atoms with E-state index < -0.39 is 11.9 Å². The van der Waals surface area contributed by atoms with Gasteiger partial charge in [0.25, 0.3) is 0 Å². The topological polar surface area (TPSA) is 52.6 Å². The van der Waals surface area contributed by atoms with Crippen molar-refractivity contribution in [1.29, 1.82) is 0 Å². The highest BCUT2D eigenvalue weighted by Gasteiger charge is 2.14. The van der Waals surface area contributed by atoms with Crippen LogP contribution in [0.15, 0.2) is 30.3 Å². The molecule has 0 aromatic heterocycles. The average Bonchev–Trinajstić information content (AvgIpc) is 2.38. The minimum atomic E-state index is -0.429. The Morgan fingerprint density at radius 1 is 1.25 bits per heavy atom. The summed E-state index contributed by atoms with van der Waals surface area (Å²) >= 11 is 2.17. The van der Waals surface area contributed by atoms with E-state index in [9.17, 15) is 9.59 Å². The monoisotopic (exact) mass is 384 g/mol. The smallest absolute Gasteiger partial charge is 0.338 e. The van der Waals surface area contributed by atoms with Crippen LogP contribution in [0, 0.1) is 3.57 Å². The molecule has 0 atom stereocenters. The van der Waals surface area contributed by atoms with Crippen LogP contribution < -0.4 is 4.74 Å². The van der Waals surface area contributed by atoms with Gasteiger partial charge >= 0.3 is 11.9 Å². The summed E-state index contributed by atoms with van der Waals surface area (Å²) in [6, 6.07) is 8.95. The number of carbonyl (C=O) groups is 2. The molecule has 0 saturated heterocycles. The summed E-state index contributed by atoms with van der Waals surface area (Å²) in [5.41, 5.74) is 0.373. The van der Waals surface area contributed by atoms with Gasteiger partial charge < -0.3 is 9.47 Å². The SMILES string of the molecule is CCOC(=O)c1cc(OC(C)=O)c2c(I)cccc2c1. The fraction of sp³-hybridized carbons (Fsp3) is 0.200. The molecule has 0 radical (unpaired) electrons. The number of fused-ring (bicyclic) bond motifs is 1. The minimum absolute atomic E-state index is 0.298. The molecule has 4 nitrogen and oxygen atoms in total. The van der Waals surface area contributed by atoms with Gasteiger partial charge in [-0.25, -0.2) is 4.79 Å². The minimum Gasteiger partial charge on any atom is -0.462 e. The zero-order valence-corrected chi connectivity index (χ0v) is 13.3. The normalized spacial score (nSPS) is 10.3. The van der Waals surface area contributed by atoms with Crippen LogP contribution in [0.1, 0.15) is 24.2 Å². The van der Waals surface area contributed by atoms with Crippen molar-refractivity contribution < 1.29 is 19.1 Å². The highest BCUT2D eigenvalue weighted by molar-refractivity contribution is 14.1. The second-order valence-electron chi connectivity index (χ2n) is 4.13. The Bertz CT molecular complexity index is 679. The number of hydrogen-bond acceptors (Lipinski definition) is 4. The van der Waals surface area contributed by atoms with Gasteiger partial charge in [-0.05, 0) is 53.1 Å². The lowest BCUT2D eigenvalue weighted by atomic mass is 10.1. The molecule has 0 aliphatic rings. The van der Waals surface area contributed by atoms with Crippen LogP contribution >= 0.6 is 22.6 Å². The predicted octanol–water partition coefficient (Wildman–Crippen LogP) is 3.55. The molecule has 0 bridgehead atoms. The van der Waals surface area contributed by atoms with Crippen molar-refractivity contribution in [3.05, 3.63) is 39.5 Å². The molecule has 104 valence electrons. The third-order valence-corrected chi connectivity index (χ3v) is 3.55. The van der Waals surface area contributed by atoms with E-state index in [-0.39, 0.29) is 0 Å². The first kappa shape index (κ1) is 14.8. The molecule has 0 aliphatic carbocycles. The lowest BCUT2D eigenvalue weighted by Gasteiger charge is -2.10. The average molecular weight is 384 g/mol. The highest BCUT2D eigenvalue weighted by atomic mass is 127. The van der Waals surface area contributed by atoms with E-state index >= 15 is 0 Å². The van der Waals surface area contributed by atoms with E-state index in [4.69, 9.17) is 9.47 Å². The van der Waals surface area contributed by atoms with Crippen LogP contribution in [0.5, 0.6) is 5.75 Å². The van der Waals surface area contributed by atoms with Gasteiger partial charge in [0.15, 0.2) is 0 Å². The molecule has 0 N–H and O–H groups in total.